The van der Waals surface area contributed by atoms with Crippen molar-refractivity contribution in [2.24, 2.45) is 0 Å². The highest BCUT2D eigenvalue weighted by Gasteiger charge is 2.28. The molecule has 0 unspecified atom stereocenters. The van der Waals surface area contributed by atoms with Gasteiger partial charge in [-0.3, -0.25) is 10.1 Å². The van der Waals surface area contributed by atoms with Crippen molar-refractivity contribution in [3.05, 3.63) is 69.5 Å². The summed E-state index contributed by atoms with van der Waals surface area (Å²) in [4.78, 5) is 21.1. The summed E-state index contributed by atoms with van der Waals surface area (Å²) in [6.07, 6.45) is 0. The topological polar surface area (TPSA) is 104 Å². The van der Waals surface area contributed by atoms with Crippen LogP contribution in [0.15, 0.2) is 47.4 Å². The van der Waals surface area contributed by atoms with E-state index >= 15 is 0 Å². The van der Waals surface area contributed by atoms with Gasteiger partial charge in [0.25, 0.3) is 5.69 Å². The molecule has 0 aromatic heterocycles. The van der Waals surface area contributed by atoms with Crippen LogP contribution in [0.25, 0.3) is 0 Å². The van der Waals surface area contributed by atoms with Gasteiger partial charge in [-0.25, -0.2) is 17.6 Å². The highest BCUT2D eigenvalue weighted by molar-refractivity contribution is 7.90. The lowest BCUT2D eigenvalue weighted by Gasteiger charge is -2.07. The lowest BCUT2D eigenvalue weighted by molar-refractivity contribution is -0.387. The van der Waals surface area contributed by atoms with Crippen molar-refractivity contribution >= 4 is 21.5 Å². The highest BCUT2D eigenvalue weighted by Crippen LogP contribution is 2.28. The number of ether oxygens (including phenoxy) is 1. The Labute approximate surface area is 136 Å². The molecule has 0 aliphatic carbocycles. The van der Waals surface area contributed by atoms with Crippen molar-refractivity contribution < 1.29 is 27.3 Å². The van der Waals surface area contributed by atoms with E-state index in [2.05, 4.69) is 4.74 Å². The smallest absolute Gasteiger partial charge is 0.338 e. The van der Waals surface area contributed by atoms with E-state index in [1.54, 1.807) is 0 Å². The average Bonchev–Trinajstić information content (AvgIpc) is 2.55. The Balaban J connectivity index is 2.52. The Hall–Kier alpha value is -2.81. The number of sulfone groups is 1. The van der Waals surface area contributed by atoms with Gasteiger partial charge in [0.15, 0.2) is 9.84 Å². The van der Waals surface area contributed by atoms with Crippen LogP contribution in [0, 0.1) is 15.9 Å². The second-order valence-corrected chi connectivity index (χ2v) is 6.74. The minimum Gasteiger partial charge on any atom is -0.465 e. The number of halogens is 1. The highest BCUT2D eigenvalue weighted by atomic mass is 32.2. The van der Waals surface area contributed by atoms with Crippen LogP contribution in [-0.4, -0.2) is 26.4 Å². The van der Waals surface area contributed by atoms with Crippen molar-refractivity contribution in [3.63, 3.8) is 0 Å². The van der Waals surface area contributed by atoms with Gasteiger partial charge in [0.1, 0.15) is 10.7 Å². The van der Waals surface area contributed by atoms with E-state index in [-0.39, 0.29) is 11.1 Å². The van der Waals surface area contributed by atoms with E-state index in [1.165, 1.54) is 18.2 Å². The maximum absolute atomic E-state index is 13.7. The van der Waals surface area contributed by atoms with Gasteiger partial charge in [-0.05, 0) is 18.2 Å². The number of esters is 1. The molecule has 0 aliphatic rings. The molecular formula is C15H12FNO6S. The van der Waals surface area contributed by atoms with Gasteiger partial charge >= 0.3 is 5.97 Å². The van der Waals surface area contributed by atoms with Crippen LogP contribution in [0.2, 0.25) is 0 Å². The minimum atomic E-state index is -4.19. The third-order valence-corrected chi connectivity index (χ3v) is 4.92. The minimum absolute atomic E-state index is 0.108. The lowest BCUT2D eigenvalue weighted by Crippen LogP contribution is -2.10. The molecule has 7 nitrogen and oxygen atoms in total. The van der Waals surface area contributed by atoms with Crippen LogP contribution < -0.4 is 0 Å². The predicted molar refractivity (Wildman–Crippen MR) is 81.7 cm³/mol. The number of hydrogen-bond donors (Lipinski definition) is 0. The van der Waals surface area contributed by atoms with E-state index in [0.717, 1.165) is 31.4 Å². The maximum atomic E-state index is 13.7. The lowest BCUT2D eigenvalue weighted by atomic mass is 10.2. The van der Waals surface area contributed by atoms with E-state index in [9.17, 15) is 27.7 Å². The van der Waals surface area contributed by atoms with Gasteiger partial charge in [-0.2, -0.15) is 0 Å². The second kappa shape index (κ2) is 6.75. The van der Waals surface area contributed by atoms with Crippen molar-refractivity contribution in [2.45, 2.75) is 10.6 Å². The quantitative estimate of drug-likeness (QED) is 0.465. The Morgan fingerprint density at radius 2 is 1.92 bits per heavy atom. The number of benzene rings is 2. The standard InChI is InChI=1S/C15H12FNO6S/c1-23-15(18)10-6-7-14(13(8-10)17(19)20)24(21,22)9-11-4-2-3-5-12(11)16/h2-8H,9H2,1H3. The molecule has 0 spiro atoms. The largest absolute Gasteiger partial charge is 0.465 e. The molecule has 0 amide bonds. The summed E-state index contributed by atoms with van der Waals surface area (Å²) in [5.41, 5.74) is -1.04. The summed E-state index contributed by atoms with van der Waals surface area (Å²) in [6.45, 7) is 0. The number of rotatable bonds is 5. The number of nitro groups is 1. The number of carbonyl (C=O) groups is 1. The molecule has 0 atom stereocenters. The zero-order valence-corrected chi connectivity index (χ0v) is 13.2. The number of nitrogens with zero attached hydrogens (tertiary/aromatic N) is 1. The zero-order valence-electron chi connectivity index (χ0n) is 12.4. The van der Waals surface area contributed by atoms with Crippen LogP contribution in [0.4, 0.5) is 10.1 Å². The summed E-state index contributed by atoms with van der Waals surface area (Å²) in [5, 5.41) is 11.2. The number of nitro benzene ring substituents is 1. The summed E-state index contributed by atoms with van der Waals surface area (Å²) < 4.78 is 43.0. The molecule has 24 heavy (non-hydrogen) atoms. The summed E-state index contributed by atoms with van der Waals surface area (Å²) in [6, 6.07) is 8.11. The molecule has 0 heterocycles. The maximum Gasteiger partial charge on any atom is 0.338 e. The van der Waals surface area contributed by atoms with Gasteiger partial charge in [0.2, 0.25) is 0 Å². The van der Waals surface area contributed by atoms with Crippen LogP contribution in [0.3, 0.4) is 0 Å². The van der Waals surface area contributed by atoms with Gasteiger partial charge in [-0.15, -0.1) is 0 Å². The molecule has 0 fully saturated rings. The van der Waals surface area contributed by atoms with Crippen LogP contribution in [-0.2, 0) is 20.3 Å². The van der Waals surface area contributed by atoms with Gasteiger partial charge in [0, 0.05) is 11.6 Å². The molecule has 2 rings (SSSR count). The fourth-order valence-corrected chi connectivity index (χ4v) is 3.59. The second-order valence-electron chi connectivity index (χ2n) is 4.78. The monoisotopic (exact) mass is 353 g/mol. The van der Waals surface area contributed by atoms with Gasteiger partial charge < -0.3 is 4.74 Å². The molecule has 0 saturated carbocycles. The zero-order chi connectivity index (χ0) is 17.9. The molecular weight excluding hydrogens is 341 g/mol. The molecule has 2 aromatic rings. The van der Waals surface area contributed by atoms with Gasteiger partial charge in [-0.1, -0.05) is 18.2 Å². The number of methoxy groups -OCH3 is 1. The predicted octanol–water partition coefficient (Wildman–Crippen LogP) is 2.49. The van der Waals surface area contributed by atoms with Crippen molar-refractivity contribution in [2.75, 3.05) is 7.11 Å². The molecule has 0 aliphatic heterocycles. The molecule has 0 bridgehead atoms. The first kappa shape index (κ1) is 17.5. The van der Waals surface area contributed by atoms with Crippen molar-refractivity contribution in [3.8, 4) is 0 Å². The molecule has 2 aromatic carbocycles. The summed E-state index contributed by atoms with van der Waals surface area (Å²) >= 11 is 0. The SMILES string of the molecule is COC(=O)c1ccc(S(=O)(=O)Cc2ccccc2F)c([N+](=O)[O-])c1. The molecule has 126 valence electrons. The van der Waals surface area contributed by atoms with E-state index in [4.69, 9.17) is 0 Å². The first-order chi connectivity index (χ1) is 11.3. The molecule has 9 heteroatoms. The Kier molecular flexibility index (Phi) is 4.93. The number of hydrogen-bond acceptors (Lipinski definition) is 6. The fraction of sp³-hybridized carbons (Fsp3) is 0.133. The van der Waals surface area contributed by atoms with Crippen LogP contribution in [0.5, 0.6) is 0 Å². The third kappa shape index (κ3) is 3.57. The Bertz CT molecular complexity index is 910. The first-order valence-electron chi connectivity index (χ1n) is 6.59. The van der Waals surface area contributed by atoms with Crippen LogP contribution in [0.1, 0.15) is 15.9 Å². The molecule has 0 radical (unpaired) electrons. The molecule has 0 saturated heterocycles. The molecule has 0 N–H and O–H groups in total. The number of carbonyl (C=O) groups excluding carboxylic acids is 1. The van der Waals surface area contributed by atoms with E-state index < -0.39 is 42.9 Å². The van der Waals surface area contributed by atoms with Gasteiger partial charge in [0.05, 0.1) is 23.3 Å². The van der Waals surface area contributed by atoms with Crippen LogP contribution >= 0.6 is 0 Å². The fourth-order valence-electron chi connectivity index (χ4n) is 2.07. The first-order valence-corrected chi connectivity index (χ1v) is 8.24. The summed E-state index contributed by atoms with van der Waals surface area (Å²) in [7, 11) is -3.10. The van der Waals surface area contributed by atoms with Crippen molar-refractivity contribution in [1.29, 1.82) is 0 Å². The third-order valence-electron chi connectivity index (χ3n) is 3.22. The van der Waals surface area contributed by atoms with E-state index in [1.807, 2.05) is 0 Å². The van der Waals surface area contributed by atoms with Crippen molar-refractivity contribution in [1.82, 2.24) is 0 Å². The summed E-state index contributed by atoms with van der Waals surface area (Å²) in [5.74, 6) is -2.30. The normalized spacial score (nSPS) is 11.1. The average molecular weight is 353 g/mol. The Morgan fingerprint density at radius 3 is 2.50 bits per heavy atom. The van der Waals surface area contributed by atoms with E-state index in [0.29, 0.717) is 0 Å². The Morgan fingerprint density at radius 1 is 1.25 bits per heavy atom.